The van der Waals surface area contributed by atoms with Crippen LogP contribution in [0.3, 0.4) is 0 Å². The summed E-state index contributed by atoms with van der Waals surface area (Å²) in [6.07, 6.45) is -3.33. The zero-order chi connectivity index (χ0) is 46.6. The third-order valence-corrected chi connectivity index (χ3v) is 9.65. The molecule has 2 fully saturated rings. The molecule has 1 radical (unpaired) electrons. The van der Waals surface area contributed by atoms with Gasteiger partial charge in [-0.05, 0) is 137 Å². The van der Waals surface area contributed by atoms with E-state index in [9.17, 15) is 28.8 Å². The van der Waals surface area contributed by atoms with E-state index in [2.05, 4.69) is 21.3 Å². The Hall–Kier alpha value is -4.07. The van der Waals surface area contributed by atoms with Crippen molar-refractivity contribution in [2.45, 2.75) is 180 Å². The summed E-state index contributed by atoms with van der Waals surface area (Å²) in [4.78, 5) is 79.4. The molecule has 4 amide bonds. The molecule has 18 nitrogen and oxygen atoms in total. The molecule has 0 bridgehead atoms. The van der Waals surface area contributed by atoms with Gasteiger partial charge in [-0.2, -0.15) is 0 Å². The zero-order valence-corrected chi connectivity index (χ0v) is 38.7. The minimum Gasteiger partial charge on any atom is -0.488 e. The molecule has 2 saturated heterocycles. The van der Waals surface area contributed by atoms with Crippen LogP contribution in [-0.4, -0.2) is 121 Å². The molecule has 0 aliphatic carbocycles. The fourth-order valence-corrected chi connectivity index (χ4v) is 7.01. The van der Waals surface area contributed by atoms with Crippen LogP contribution in [0.4, 0.5) is 4.79 Å². The molecular weight excluding hydrogens is 830 g/mol. The lowest BCUT2D eigenvalue weighted by molar-refractivity contribution is -0.175. The molecule has 3 rings (SSSR count). The van der Waals surface area contributed by atoms with E-state index in [0.717, 1.165) is 0 Å². The quantitative estimate of drug-likeness (QED) is 0.0777. The van der Waals surface area contributed by atoms with Crippen molar-refractivity contribution in [3.05, 3.63) is 29.8 Å². The maximum atomic E-state index is 14.1. The second-order valence-corrected chi connectivity index (χ2v) is 18.7. The Morgan fingerprint density at radius 1 is 0.726 bits per heavy atom. The number of unbranched alkanes of at least 4 members (excludes halogenated alkanes) is 2. The van der Waals surface area contributed by atoms with Crippen LogP contribution in [0.1, 0.15) is 113 Å². The Bertz CT molecular complexity index is 1700. The average molecular weight is 897 g/mol. The number of nitrogens with one attached hydrogen (secondary N) is 5. The van der Waals surface area contributed by atoms with Crippen LogP contribution in [0.5, 0.6) is 5.75 Å². The fraction of sp³-hybridized carbons (Fsp3) is 0.721. The van der Waals surface area contributed by atoms with E-state index in [1.165, 1.54) is 7.11 Å². The van der Waals surface area contributed by atoms with Gasteiger partial charge in [-0.15, -0.1) is 0 Å². The third-order valence-electron chi connectivity index (χ3n) is 9.43. The number of esters is 1. The molecule has 5 N–H and O–H groups in total. The summed E-state index contributed by atoms with van der Waals surface area (Å²) in [5.41, 5.74) is 6.81. The maximum absolute atomic E-state index is 14.1. The molecule has 5 unspecified atom stereocenters. The minimum atomic E-state index is -1.21. The number of rotatable bonds is 21. The van der Waals surface area contributed by atoms with Gasteiger partial charge in [0.2, 0.25) is 11.8 Å². The van der Waals surface area contributed by atoms with Crippen LogP contribution < -0.4 is 31.7 Å². The number of hydrogen-bond acceptors (Lipinski definition) is 13. The fourth-order valence-electron chi connectivity index (χ4n) is 6.84. The van der Waals surface area contributed by atoms with Crippen molar-refractivity contribution in [3.8, 4) is 5.75 Å². The Kier molecular flexibility index (Phi) is 19.0. The van der Waals surface area contributed by atoms with E-state index in [0.29, 0.717) is 37.0 Å². The van der Waals surface area contributed by atoms with Gasteiger partial charge in [-0.1, -0.05) is 12.1 Å². The summed E-state index contributed by atoms with van der Waals surface area (Å²) in [5, 5.41) is 10.1. The minimum absolute atomic E-state index is 0.0131. The number of hydrogen-bond donors (Lipinski definition) is 4. The van der Waals surface area contributed by atoms with Crippen molar-refractivity contribution in [2.24, 2.45) is 0 Å². The number of ether oxygens (including phenoxy) is 7. The lowest BCUT2D eigenvalue weighted by Crippen LogP contribution is -2.56. The highest BCUT2D eigenvalue weighted by atomic mass is 35.5. The van der Waals surface area contributed by atoms with Crippen LogP contribution >= 0.6 is 11.6 Å². The number of alkyl carbamates (subject to hydrolysis) is 1. The molecule has 1 aromatic rings. The van der Waals surface area contributed by atoms with Crippen molar-refractivity contribution in [1.82, 2.24) is 27.0 Å². The number of benzene rings is 1. The van der Waals surface area contributed by atoms with E-state index in [4.69, 9.17) is 50.5 Å². The zero-order valence-electron chi connectivity index (χ0n) is 37.9. The Morgan fingerprint density at radius 2 is 1.26 bits per heavy atom. The van der Waals surface area contributed by atoms with Gasteiger partial charge in [0.15, 0.2) is 23.8 Å². The van der Waals surface area contributed by atoms with Gasteiger partial charge in [-0.25, -0.2) is 9.59 Å². The summed E-state index contributed by atoms with van der Waals surface area (Å²) in [6.45, 7) is 17.5. The average Bonchev–Trinajstić information content (AvgIpc) is 3.66. The van der Waals surface area contributed by atoms with Crippen molar-refractivity contribution in [2.75, 3.05) is 20.2 Å². The van der Waals surface area contributed by atoms with E-state index in [-0.39, 0.29) is 32.4 Å². The van der Waals surface area contributed by atoms with Crippen LogP contribution in [0.2, 0.25) is 0 Å². The summed E-state index contributed by atoms with van der Waals surface area (Å²) in [6, 6.07) is 3.62. The number of halogens is 1. The van der Waals surface area contributed by atoms with Crippen molar-refractivity contribution in [3.63, 3.8) is 0 Å². The van der Waals surface area contributed by atoms with Gasteiger partial charge in [0, 0.05) is 19.5 Å². The first-order chi connectivity index (χ1) is 28.7. The molecule has 2 aliphatic heterocycles. The predicted molar refractivity (Wildman–Crippen MR) is 227 cm³/mol. The molecule has 1 aromatic carbocycles. The second-order valence-electron chi connectivity index (χ2n) is 18.3. The molecule has 349 valence electrons. The molecule has 7 atom stereocenters. The summed E-state index contributed by atoms with van der Waals surface area (Å²) >= 11 is 5.82. The second kappa shape index (κ2) is 22.5. The molecule has 19 heteroatoms. The van der Waals surface area contributed by atoms with Gasteiger partial charge in [-0.3, -0.25) is 24.9 Å². The smallest absolute Gasteiger partial charge is 0.408 e. The van der Waals surface area contributed by atoms with E-state index < -0.39 is 100 Å². The Morgan fingerprint density at radius 3 is 1.81 bits per heavy atom. The Labute approximate surface area is 370 Å². The first kappa shape index (κ1) is 52.3. The molecule has 0 spiro atoms. The van der Waals surface area contributed by atoms with Crippen molar-refractivity contribution >= 4 is 46.6 Å². The lowest BCUT2D eigenvalue weighted by atomic mass is 10.0. The van der Waals surface area contributed by atoms with Gasteiger partial charge >= 0.3 is 12.1 Å². The largest absolute Gasteiger partial charge is 0.488 e. The van der Waals surface area contributed by atoms with E-state index in [1.807, 2.05) is 20.8 Å². The number of methoxy groups -OCH3 is 1. The van der Waals surface area contributed by atoms with Crippen LogP contribution in [-0.2, 0) is 58.8 Å². The summed E-state index contributed by atoms with van der Waals surface area (Å²) < 4.78 is 39.9. The van der Waals surface area contributed by atoms with Gasteiger partial charge < -0.3 is 54.4 Å². The van der Waals surface area contributed by atoms with E-state index in [1.54, 1.807) is 72.7 Å². The maximum Gasteiger partial charge on any atom is 0.408 e. The SMILES string of the molecule is COC(=O)C(CCCC[NH])NC(=O)[C@H](Cc1ccc(OC(C)(C)C)cc1)NC(=O)[C@@H](CCCCNC(=O)C1OC(C)(C)OC1C1OC(C)(C)OC1C(=O)Cl)NC(=O)OC(C)(C)C. The first-order valence-electron chi connectivity index (χ1n) is 21.0. The number of carbonyl (C=O) groups excluding carboxylic acids is 6. The standard InChI is InChI=1S/C43H67ClN5O13/c1-40(2,3)57-26-20-18-25(19-21-26)24-29(36(52)47-28(38(54)56-11)17-12-14-22-45)48-35(51)27(49-39(55)62-41(4,5)6)16-13-15-23-46-37(53)33-31(59-43(9,10)61-33)30-32(34(44)50)60-42(7,8)58-30/h18-21,27-33,45H,12-17,22-24H2,1-11H3,(H,46,53)(H,47,52)(H,48,51)(H,49,55)/t27-,28?,29+,30?,31?,32?,33?/m1/s1. The molecule has 2 heterocycles. The monoisotopic (exact) mass is 896 g/mol. The van der Waals surface area contributed by atoms with Crippen LogP contribution in [0.25, 0.3) is 0 Å². The summed E-state index contributed by atoms with van der Waals surface area (Å²) in [7, 11) is 1.21. The molecule has 62 heavy (non-hydrogen) atoms. The number of carbonyl (C=O) groups is 6. The van der Waals surface area contributed by atoms with Crippen molar-refractivity contribution in [1.29, 1.82) is 0 Å². The van der Waals surface area contributed by atoms with Gasteiger partial charge in [0.25, 0.3) is 11.1 Å². The normalized spacial score (nSPS) is 22.1. The van der Waals surface area contributed by atoms with Crippen LogP contribution in [0, 0.1) is 0 Å². The molecular formula is C43H67ClN5O13. The van der Waals surface area contributed by atoms with Gasteiger partial charge in [0.1, 0.15) is 47.3 Å². The third kappa shape index (κ3) is 17.2. The van der Waals surface area contributed by atoms with Gasteiger partial charge in [0.05, 0.1) is 7.11 Å². The first-order valence-corrected chi connectivity index (χ1v) is 21.4. The van der Waals surface area contributed by atoms with Crippen LogP contribution in [0.15, 0.2) is 24.3 Å². The lowest BCUT2D eigenvalue weighted by Gasteiger charge is -2.26. The Balaban J connectivity index is 1.77. The summed E-state index contributed by atoms with van der Waals surface area (Å²) in [5.74, 6) is -4.31. The molecule has 0 aromatic heterocycles. The highest BCUT2D eigenvalue weighted by Gasteiger charge is 2.57. The van der Waals surface area contributed by atoms with Crippen molar-refractivity contribution < 1.29 is 61.9 Å². The van der Waals surface area contributed by atoms with E-state index >= 15 is 0 Å². The molecule has 2 aliphatic rings. The topological polar surface area (TPSA) is 239 Å². The predicted octanol–water partition coefficient (Wildman–Crippen LogP) is 3.99. The number of amides is 4. The molecule has 0 saturated carbocycles. The highest BCUT2D eigenvalue weighted by Crippen LogP contribution is 2.39. The highest BCUT2D eigenvalue weighted by molar-refractivity contribution is 6.64.